The molecule has 0 aliphatic rings. The average Bonchev–Trinajstić information content (AvgIpc) is 3.09. The normalized spacial score (nSPS) is 12.0. The van der Waals surface area contributed by atoms with Crippen LogP contribution in [0.2, 0.25) is 0 Å². The summed E-state index contributed by atoms with van der Waals surface area (Å²) in [5, 5.41) is 0.944. The number of rotatable bonds is 7. The number of hydrogen-bond donors (Lipinski definition) is 0. The minimum atomic E-state index is -0.401. The van der Waals surface area contributed by atoms with Crippen LogP contribution < -0.4 is 0 Å². The van der Waals surface area contributed by atoms with E-state index in [1.165, 1.54) is 7.11 Å². The standard InChI is InChI=1S/C23H25NO4/c1-16-9-10-20-19(15-28-21(20)11-16)12-22(25)24(13-17(2)23(26)27-3)14-18-7-5-4-6-8-18/h4-11,15,17H,12-14H2,1-3H3. The fraction of sp³-hybridized carbons (Fsp3) is 0.304. The van der Waals surface area contributed by atoms with Crippen molar-refractivity contribution in [3.63, 3.8) is 0 Å². The molecule has 1 unspecified atom stereocenters. The Bertz CT molecular complexity index is 961. The molecule has 0 saturated heterocycles. The highest BCUT2D eigenvalue weighted by Crippen LogP contribution is 2.23. The van der Waals surface area contributed by atoms with Crippen LogP contribution in [0.3, 0.4) is 0 Å². The van der Waals surface area contributed by atoms with Crippen molar-refractivity contribution in [2.45, 2.75) is 26.8 Å². The second-order valence-electron chi connectivity index (χ2n) is 7.12. The molecule has 1 amide bonds. The first-order valence-electron chi connectivity index (χ1n) is 9.34. The van der Waals surface area contributed by atoms with Gasteiger partial charge >= 0.3 is 5.97 Å². The van der Waals surface area contributed by atoms with Gasteiger partial charge in [0.2, 0.25) is 5.91 Å². The smallest absolute Gasteiger partial charge is 0.310 e. The lowest BCUT2D eigenvalue weighted by atomic mass is 10.1. The molecule has 0 N–H and O–H groups in total. The Morgan fingerprint density at radius 3 is 2.61 bits per heavy atom. The topological polar surface area (TPSA) is 59.8 Å². The summed E-state index contributed by atoms with van der Waals surface area (Å²) in [5.41, 5.74) is 3.75. The number of methoxy groups -OCH3 is 1. The molecule has 28 heavy (non-hydrogen) atoms. The first kappa shape index (κ1) is 19.7. The fourth-order valence-electron chi connectivity index (χ4n) is 3.27. The Labute approximate surface area is 164 Å². The van der Waals surface area contributed by atoms with Crippen molar-refractivity contribution >= 4 is 22.8 Å². The van der Waals surface area contributed by atoms with Crippen LogP contribution in [-0.2, 0) is 27.3 Å². The van der Waals surface area contributed by atoms with E-state index in [9.17, 15) is 9.59 Å². The van der Waals surface area contributed by atoms with Crippen molar-refractivity contribution in [1.82, 2.24) is 4.90 Å². The molecule has 0 aliphatic heterocycles. The van der Waals surface area contributed by atoms with E-state index in [0.717, 1.165) is 27.7 Å². The van der Waals surface area contributed by atoms with Crippen molar-refractivity contribution in [2.75, 3.05) is 13.7 Å². The third-order valence-electron chi connectivity index (χ3n) is 4.82. The van der Waals surface area contributed by atoms with Crippen LogP contribution in [0.4, 0.5) is 0 Å². The summed E-state index contributed by atoms with van der Waals surface area (Å²) in [6.07, 6.45) is 1.86. The van der Waals surface area contributed by atoms with E-state index in [1.807, 2.05) is 55.5 Å². The summed E-state index contributed by atoms with van der Waals surface area (Å²) in [6, 6.07) is 15.7. The lowest BCUT2D eigenvalue weighted by Gasteiger charge is -2.25. The van der Waals surface area contributed by atoms with Crippen molar-refractivity contribution in [1.29, 1.82) is 0 Å². The Hall–Kier alpha value is -3.08. The molecule has 0 saturated carbocycles. The minimum Gasteiger partial charge on any atom is -0.469 e. The van der Waals surface area contributed by atoms with Gasteiger partial charge in [0.15, 0.2) is 0 Å². The molecule has 5 heteroatoms. The van der Waals surface area contributed by atoms with E-state index in [1.54, 1.807) is 18.1 Å². The molecule has 146 valence electrons. The second-order valence-corrected chi connectivity index (χ2v) is 7.12. The summed E-state index contributed by atoms with van der Waals surface area (Å²) < 4.78 is 10.4. The van der Waals surface area contributed by atoms with Gasteiger partial charge in [-0.2, -0.15) is 0 Å². The maximum Gasteiger partial charge on any atom is 0.310 e. The van der Waals surface area contributed by atoms with Gasteiger partial charge in [-0.05, 0) is 24.1 Å². The van der Waals surface area contributed by atoms with Gasteiger partial charge < -0.3 is 14.1 Å². The quantitative estimate of drug-likeness (QED) is 0.580. The maximum atomic E-state index is 13.1. The second kappa shape index (κ2) is 8.74. The van der Waals surface area contributed by atoms with Gasteiger partial charge in [0.25, 0.3) is 0 Å². The van der Waals surface area contributed by atoms with Gasteiger partial charge in [-0.15, -0.1) is 0 Å². The summed E-state index contributed by atoms with van der Waals surface area (Å²) in [4.78, 5) is 26.7. The number of benzene rings is 2. The van der Waals surface area contributed by atoms with Crippen molar-refractivity contribution < 1.29 is 18.7 Å². The zero-order chi connectivity index (χ0) is 20.1. The van der Waals surface area contributed by atoms with E-state index < -0.39 is 5.92 Å². The van der Waals surface area contributed by atoms with Crippen LogP contribution in [0, 0.1) is 12.8 Å². The number of carbonyl (C=O) groups excluding carboxylic acids is 2. The third-order valence-corrected chi connectivity index (χ3v) is 4.82. The molecule has 1 atom stereocenters. The van der Waals surface area contributed by atoms with Crippen molar-refractivity contribution in [3.05, 3.63) is 71.5 Å². The van der Waals surface area contributed by atoms with E-state index in [0.29, 0.717) is 13.1 Å². The predicted octanol–water partition coefficient (Wildman–Crippen LogP) is 4.12. The highest BCUT2D eigenvalue weighted by molar-refractivity contribution is 5.88. The van der Waals surface area contributed by atoms with Gasteiger partial charge in [0, 0.05) is 24.0 Å². The molecular weight excluding hydrogens is 354 g/mol. The molecule has 3 aromatic rings. The summed E-state index contributed by atoms with van der Waals surface area (Å²) >= 11 is 0. The molecule has 0 bridgehead atoms. The Morgan fingerprint density at radius 1 is 1.14 bits per heavy atom. The number of aryl methyl sites for hydroxylation is 1. The van der Waals surface area contributed by atoms with Crippen molar-refractivity contribution in [2.24, 2.45) is 5.92 Å². The summed E-state index contributed by atoms with van der Waals surface area (Å²) in [7, 11) is 1.36. The summed E-state index contributed by atoms with van der Waals surface area (Å²) in [6.45, 7) is 4.51. The number of nitrogens with zero attached hydrogens (tertiary/aromatic N) is 1. The Balaban J connectivity index is 1.81. The van der Waals surface area contributed by atoms with Crippen LogP contribution in [0.5, 0.6) is 0 Å². The number of furan rings is 1. The highest BCUT2D eigenvalue weighted by Gasteiger charge is 2.23. The van der Waals surface area contributed by atoms with E-state index in [-0.39, 0.29) is 18.3 Å². The molecule has 3 rings (SSSR count). The number of fused-ring (bicyclic) bond motifs is 1. The first-order valence-corrected chi connectivity index (χ1v) is 9.34. The van der Waals surface area contributed by atoms with Crippen LogP contribution in [-0.4, -0.2) is 30.4 Å². The average molecular weight is 379 g/mol. The van der Waals surface area contributed by atoms with E-state index in [4.69, 9.17) is 9.15 Å². The van der Waals surface area contributed by atoms with Gasteiger partial charge in [-0.25, -0.2) is 0 Å². The molecule has 0 spiro atoms. The van der Waals surface area contributed by atoms with Gasteiger partial charge in [-0.3, -0.25) is 9.59 Å². The summed E-state index contributed by atoms with van der Waals surface area (Å²) in [5.74, 6) is -0.778. The molecular formula is C23H25NO4. The molecule has 0 aliphatic carbocycles. The lowest BCUT2D eigenvalue weighted by molar-refractivity contribution is -0.146. The molecule has 1 heterocycles. The Morgan fingerprint density at radius 2 is 1.89 bits per heavy atom. The van der Waals surface area contributed by atoms with Crippen molar-refractivity contribution in [3.8, 4) is 0 Å². The van der Waals surface area contributed by atoms with Crippen LogP contribution in [0.1, 0.15) is 23.6 Å². The third kappa shape index (κ3) is 4.60. The maximum absolute atomic E-state index is 13.1. The van der Waals surface area contributed by atoms with Gasteiger partial charge in [0.05, 0.1) is 25.7 Å². The molecule has 2 aromatic carbocycles. The van der Waals surface area contributed by atoms with Crippen LogP contribution in [0.25, 0.3) is 11.0 Å². The Kier molecular flexibility index (Phi) is 6.14. The monoisotopic (exact) mass is 379 g/mol. The molecule has 0 fully saturated rings. The van der Waals surface area contributed by atoms with E-state index >= 15 is 0 Å². The fourth-order valence-corrected chi connectivity index (χ4v) is 3.27. The molecule has 1 aromatic heterocycles. The molecule has 0 radical (unpaired) electrons. The van der Waals surface area contributed by atoms with Gasteiger partial charge in [0.1, 0.15) is 5.58 Å². The zero-order valence-electron chi connectivity index (χ0n) is 16.5. The van der Waals surface area contributed by atoms with Crippen LogP contribution >= 0.6 is 0 Å². The number of ether oxygens (including phenoxy) is 1. The van der Waals surface area contributed by atoms with E-state index in [2.05, 4.69) is 0 Å². The first-order chi connectivity index (χ1) is 13.5. The molecule has 5 nitrogen and oxygen atoms in total. The number of carbonyl (C=O) groups is 2. The SMILES string of the molecule is COC(=O)C(C)CN(Cc1ccccc1)C(=O)Cc1coc2cc(C)ccc12. The minimum absolute atomic E-state index is 0.0529. The van der Waals surface area contributed by atoms with Crippen LogP contribution in [0.15, 0.2) is 59.2 Å². The highest BCUT2D eigenvalue weighted by atomic mass is 16.5. The number of hydrogen-bond acceptors (Lipinski definition) is 4. The predicted molar refractivity (Wildman–Crippen MR) is 108 cm³/mol. The number of esters is 1. The largest absolute Gasteiger partial charge is 0.469 e. The zero-order valence-corrected chi connectivity index (χ0v) is 16.5. The number of amides is 1. The lowest BCUT2D eigenvalue weighted by Crippen LogP contribution is -2.37. The van der Waals surface area contributed by atoms with Gasteiger partial charge in [-0.1, -0.05) is 49.4 Å².